The van der Waals surface area contributed by atoms with Crippen LogP contribution in [0.15, 0.2) is 33.6 Å². The molecule has 0 aliphatic heterocycles. The third kappa shape index (κ3) is 5.82. The minimum atomic E-state index is -3.97. The quantitative estimate of drug-likeness (QED) is 0.628. The Labute approximate surface area is 130 Å². The van der Waals surface area contributed by atoms with Crippen LogP contribution in [0.1, 0.15) is 19.3 Å². The molecule has 1 aromatic carbocycles. The molecule has 9 heteroatoms. The number of rotatable bonds is 8. The molecule has 0 spiro atoms. The SMILES string of the molecule is O=C(O)CCC[C@@H](NS(=O)(=O)c1ccc(Br)cc1)C(=O)O. The fourth-order valence-corrected chi connectivity index (χ4v) is 3.05. The van der Waals surface area contributed by atoms with Crippen molar-refractivity contribution in [3.05, 3.63) is 28.7 Å². The third-order valence-electron chi connectivity index (χ3n) is 2.60. The molecule has 3 N–H and O–H groups in total. The first-order valence-corrected chi connectivity index (χ1v) is 8.22. The van der Waals surface area contributed by atoms with Crippen LogP contribution in [0.3, 0.4) is 0 Å². The molecule has 0 bridgehead atoms. The van der Waals surface area contributed by atoms with Gasteiger partial charge in [-0.3, -0.25) is 9.59 Å². The van der Waals surface area contributed by atoms with Crippen molar-refractivity contribution in [2.45, 2.75) is 30.2 Å². The molecular weight excluding hydrogens is 366 g/mol. The second-order valence-corrected chi connectivity index (χ2v) is 6.88. The fraction of sp³-hybridized carbons (Fsp3) is 0.333. The van der Waals surface area contributed by atoms with Gasteiger partial charge in [0.15, 0.2) is 0 Å². The Bertz CT molecular complexity index is 613. The Kier molecular flexibility index (Phi) is 6.31. The van der Waals surface area contributed by atoms with Crippen molar-refractivity contribution in [3.8, 4) is 0 Å². The zero-order chi connectivity index (χ0) is 16.0. The maximum absolute atomic E-state index is 12.0. The average Bonchev–Trinajstić information content (AvgIpc) is 2.37. The third-order valence-corrected chi connectivity index (χ3v) is 4.62. The predicted octanol–water partition coefficient (Wildman–Crippen LogP) is 1.44. The van der Waals surface area contributed by atoms with Crippen LogP contribution in [0, 0.1) is 0 Å². The van der Waals surface area contributed by atoms with Crippen molar-refractivity contribution < 1.29 is 28.2 Å². The van der Waals surface area contributed by atoms with Crippen molar-refractivity contribution in [2.24, 2.45) is 0 Å². The highest BCUT2D eigenvalue weighted by molar-refractivity contribution is 9.10. The van der Waals surface area contributed by atoms with E-state index in [1.54, 1.807) is 0 Å². The van der Waals surface area contributed by atoms with Gasteiger partial charge in [-0.1, -0.05) is 15.9 Å². The van der Waals surface area contributed by atoms with Crippen LogP contribution in [0.5, 0.6) is 0 Å². The molecule has 0 amide bonds. The summed E-state index contributed by atoms with van der Waals surface area (Å²) in [5, 5.41) is 17.5. The van der Waals surface area contributed by atoms with Crippen molar-refractivity contribution in [1.82, 2.24) is 4.72 Å². The Morgan fingerprint density at radius 3 is 2.24 bits per heavy atom. The number of benzene rings is 1. The van der Waals surface area contributed by atoms with Crippen LogP contribution in [0.2, 0.25) is 0 Å². The van der Waals surface area contributed by atoms with Crippen LogP contribution in [0.4, 0.5) is 0 Å². The molecule has 116 valence electrons. The first-order chi connectivity index (χ1) is 9.72. The number of carboxylic acid groups (broad SMARTS) is 2. The Morgan fingerprint density at radius 2 is 1.76 bits per heavy atom. The van der Waals surface area contributed by atoms with Gasteiger partial charge < -0.3 is 10.2 Å². The van der Waals surface area contributed by atoms with E-state index in [4.69, 9.17) is 10.2 Å². The van der Waals surface area contributed by atoms with E-state index in [0.717, 1.165) is 0 Å². The molecule has 0 saturated heterocycles. The summed E-state index contributed by atoms with van der Waals surface area (Å²) < 4.78 is 26.9. The molecule has 0 saturated carbocycles. The highest BCUT2D eigenvalue weighted by Crippen LogP contribution is 2.15. The lowest BCUT2D eigenvalue weighted by Gasteiger charge is -2.14. The first-order valence-electron chi connectivity index (χ1n) is 5.95. The van der Waals surface area contributed by atoms with E-state index in [9.17, 15) is 18.0 Å². The fourth-order valence-electron chi connectivity index (χ4n) is 1.56. The van der Waals surface area contributed by atoms with Gasteiger partial charge in [-0.05, 0) is 37.1 Å². The van der Waals surface area contributed by atoms with Gasteiger partial charge in [0.25, 0.3) is 0 Å². The van der Waals surface area contributed by atoms with Gasteiger partial charge in [0.1, 0.15) is 6.04 Å². The second kappa shape index (κ2) is 7.53. The number of sulfonamides is 1. The van der Waals surface area contributed by atoms with Crippen LogP contribution in [-0.2, 0) is 19.6 Å². The van der Waals surface area contributed by atoms with E-state index in [-0.39, 0.29) is 24.2 Å². The number of hydrogen-bond donors (Lipinski definition) is 3. The van der Waals surface area contributed by atoms with Crippen LogP contribution >= 0.6 is 15.9 Å². The standard InChI is InChI=1S/C12H14BrNO6S/c13-8-4-6-9(7-5-8)21(19,20)14-10(12(17)18)2-1-3-11(15)16/h4-7,10,14H,1-3H2,(H,15,16)(H,17,18)/t10-/m1/s1. The van der Waals surface area contributed by atoms with Crippen LogP contribution < -0.4 is 4.72 Å². The summed E-state index contributed by atoms with van der Waals surface area (Å²) in [4.78, 5) is 21.4. The smallest absolute Gasteiger partial charge is 0.321 e. The Hall–Kier alpha value is -1.45. The van der Waals surface area contributed by atoms with Gasteiger partial charge in [0.2, 0.25) is 10.0 Å². The Balaban J connectivity index is 2.79. The highest BCUT2D eigenvalue weighted by atomic mass is 79.9. The van der Waals surface area contributed by atoms with Gasteiger partial charge in [-0.15, -0.1) is 0 Å². The van der Waals surface area contributed by atoms with E-state index in [1.165, 1.54) is 24.3 Å². The van der Waals surface area contributed by atoms with E-state index in [2.05, 4.69) is 20.7 Å². The summed E-state index contributed by atoms with van der Waals surface area (Å²) in [7, 11) is -3.97. The molecule has 1 atom stereocenters. The van der Waals surface area contributed by atoms with Gasteiger partial charge in [0, 0.05) is 10.9 Å². The van der Waals surface area contributed by atoms with Gasteiger partial charge in [-0.2, -0.15) is 4.72 Å². The lowest BCUT2D eigenvalue weighted by molar-refractivity contribution is -0.140. The minimum absolute atomic E-state index is 0.0600. The molecule has 0 heterocycles. The molecule has 0 unspecified atom stereocenters. The Morgan fingerprint density at radius 1 is 1.19 bits per heavy atom. The van der Waals surface area contributed by atoms with E-state index < -0.39 is 28.0 Å². The zero-order valence-electron chi connectivity index (χ0n) is 10.8. The summed E-state index contributed by atoms with van der Waals surface area (Å²) in [6.45, 7) is 0. The van der Waals surface area contributed by atoms with Gasteiger partial charge in [0.05, 0.1) is 4.90 Å². The lowest BCUT2D eigenvalue weighted by Crippen LogP contribution is -2.40. The van der Waals surface area contributed by atoms with Gasteiger partial charge >= 0.3 is 11.9 Å². The summed E-state index contributed by atoms with van der Waals surface area (Å²) in [6, 6.07) is 4.35. The molecule has 0 fully saturated rings. The van der Waals surface area contributed by atoms with Crippen LogP contribution in [0.25, 0.3) is 0 Å². The summed E-state index contributed by atoms with van der Waals surface area (Å²) in [6.07, 6.45) is -0.254. The molecule has 0 aliphatic rings. The maximum atomic E-state index is 12.0. The number of aliphatic carboxylic acids is 2. The monoisotopic (exact) mass is 379 g/mol. The number of nitrogens with one attached hydrogen (secondary N) is 1. The molecule has 1 rings (SSSR count). The summed E-state index contributed by atoms with van der Waals surface area (Å²) in [5.41, 5.74) is 0. The normalized spacial score (nSPS) is 12.8. The zero-order valence-corrected chi connectivity index (χ0v) is 13.2. The molecule has 0 aromatic heterocycles. The molecule has 0 aliphatic carbocycles. The topological polar surface area (TPSA) is 121 Å². The molecular formula is C12H14BrNO6S. The van der Waals surface area contributed by atoms with Crippen molar-refractivity contribution >= 4 is 37.9 Å². The molecule has 0 radical (unpaired) electrons. The summed E-state index contributed by atoms with van der Waals surface area (Å²) >= 11 is 3.17. The summed E-state index contributed by atoms with van der Waals surface area (Å²) in [5.74, 6) is -2.41. The first kappa shape index (κ1) is 17.6. The van der Waals surface area contributed by atoms with E-state index in [1.807, 2.05) is 0 Å². The van der Waals surface area contributed by atoms with Gasteiger partial charge in [-0.25, -0.2) is 8.42 Å². The van der Waals surface area contributed by atoms with Crippen molar-refractivity contribution in [2.75, 3.05) is 0 Å². The number of carbonyl (C=O) groups is 2. The average molecular weight is 380 g/mol. The predicted molar refractivity (Wildman–Crippen MR) is 77.4 cm³/mol. The number of carboxylic acids is 2. The highest BCUT2D eigenvalue weighted by Gasteiger charge is 2.25. The second-order valence-electron chi connectivity index (χ2n) is 4.25. The van der Waals surface area contributed by atoms with Crippen molar-refractivity contribution in [3.63, 3.8) is 0 Å². The number of hydrogen-bond acceptors (Lipinski definition) is 4. The van der Waals surface area contributed by atoms with E-state index >= 15 is 0 Å². The minimum Gasteiger partial charge on any atom is -0.481 e. The maximum Gasteiger partial charge on any atom is 0.321 e. The lowest BCUT2D eigenvalue weighted by atomic mass is 10.1. The molecule has 21 heavy (non-hydrogen) atoms. The molecule has 7 nitrogen and oxygen atoms in total. The van der Waals surface area contributed by atoms with Crippen molar-refractivity contribution in [1.29, 1.82) is 0 Å². The number of halogens is 1. The van der Waals surface area contributed by atoms with Crippen LogP contribution in [-0.4, -0.2) is 36.6 Å². The molecule has 1 aromatic rings. The largest absolute Gasteiger partial charge is 0.481 e. The van der Waals surface area contributed by atoms with E-state index in [0.29, 0.717) is 4.47 Å².